The molecule has 0 unspecified atom stereocenters. The highest BCUT2D eigenvalue weighted by atomic mass is 32.1. The SMILES string of the molecule is COCCN=c1scc(-c2ccc(O)c(C(N)=O)c2)n1N=Cc1ccc(O)c(OC)c1. The number of thiazole rings is 1. The number of primary amides is 1. The molecule has 0 spiro atoms. The largest absolute Gasteiger partial charge is 0.507 e. The zero-order chi connectivity index (χ0) is 22.4. The highest BCUT2D eigenvalue weighted by molar-refractivity contribution is 7.07. The summed E-state index contributed by atoms with van der Waals surface area (Å²) in [6.45, 7) is 0.901. The van der Waals surface area contributed by atoms with Gasteiger partial charge in [-0.1, -0.05) is 0 Å². The van der Waals surface area contributed by atoms with Crippen molar-refractivity contribution in [2.24, 2.45) is 15.8 Å². The van der Waals surface area contributed by atoms with Crippen LogP contribution in [0.5, 0.6) is 17.2 Å². The first-order chi connectivity index (χ1) is 14.9. The predicted octanol–water partition coefficient (Wildman–Crippen LogP) is 2.16. The van der Waals surface area contributed by atoms with Crippen LogP contribution in [0.1, 0.15) is 15.9 Å². The minimum Gasteiger partial charge on any atom is -0.507 e. The van der Waals surface area contributed by atoms with Crippen molar-refractivity contribution in [2.45, 2.75) is 0 Å². The number of methoxy groups -OCH3 is 2. The summed E-state index contributed by atoms with van der Waals surface area (Å²) in [5, 5.41) is 26.1. The number of phenolic OH excluding ortho intramolecular Hbond substituents is 1. The Hall–Kier alpha value is -3.63. The number of hydrogen-bond donors (Lipinski definition) is 3. The molecule has 1 heterocycles. The molecule has 4 N–H and O–H groups in total. The third-order valence-electron chi connectivity index (χ3n) is 4.31. The minimum absolute atomic E-state index is 0.0142. The molecule has 0 aliphatic rings. The number of rotatable bonds is 8. The van der Waals surface area contributed by atoms with Gasteiger partial charge in [0.25, 0.3) is 5.91 Å². The van der Waals surface area contributed by atoms with Gasteiger partial charge in [-0.05, 0) is 42.0 Å². The number of aromatic hydroxyl groups is 2. The van der Waals surface area contributed by atoms with E-state index in [1.807, 2.05) is 5.38 Å². The van der Waals surface area contributed by atoms with Gasteiger partial charge in [0, 0.05) is 18.1 Å². The average molecular weight is 442 g/mol. The van der Waals surface area contributed by atoms with Crippen LogP contribution in [-0.4, -0.2) is 54.4 Å². The molecule has 0 saturated heterocycles. The summed E-state index contributed by atoms with van der Waals surface area (Å²) in [5.74, 6) is -0.565. The van der Waals surface area contributed by atoms with Gasteiger partial charge < -0.3 is 25.4 Å². The van der Waals surface area contributed by atoms with Gasteiger partial charge in [0.2, 0.25) is 4.80 Å². The summed E-state index contributed by atoms with van der Waals surface area (Å²) < 4.78 is 11.8. The molecular formula is C21H22N4O5S. The number of ether oxygens (including phenoxy) is 2. The molecule has 3 rings (SSSR count). The van der Waals surface area contributed by atoms with Crippen molar-refractivity contribution in [3.8, 4) is 28.5 Å². The molecule has 31 heavy (non-hydrogen) atoms. The maximum atomic E-state index is 11.6. The minimum atomic E-state index is -0.731. The van der Waals surface area contributed by atoms with Gasteiger partial charge in [0.05, 0.1) is 37.7 Å². The Bertz CT molecular complexity index is 1180. The topological polar surface area (TPSA) is 132 Å². The zero-order valence-corrected chi connectivity index (χ0v) is 17.8. The summed E-state index contributed by atoms with van der Waals surface area (Å²) in [5.41, 5.74) is 7.37. The van der Waals surface area contributed by atoms with Crippen molar-refractivity contribution >= 4 is 23.5 Å². The quantitative estimate of drug-likeness (QED) is 0.363. The molecule has 162 valence electrons. The van der Waals surface area contributed by atoms with E-state index in [1.165, 1.54) is 36.6 Å². The first kappa shape index (κ1) is 22.1. The van der Waals surface area contributed by atoms with Gasteiger partial charge in [-0.3, -0.25) is 9.79 Å². The molecule has 1 aromatic heterocycles. The molecule has 3 aromatic rings. The van der Waals surface area contributed by atoms with Crippen LogP contribution >= 0.6 is 11.3 Å². The fourth-order valence-electron chi connectivity index (χ4n) is 2.74. The predicted molar refractivity (Wildman–Crippen MR) is 118 cm³/mol. The first-order valence-corrected chi connectivity index (χ1v) is 10.1. The molecule has 2 aromatic carbocycles. The van der Waals surface area contributed by atoms with E-state index in [0.717, 1.165) is 0 Å². The Labute approximate surface area is 182 Å². The molecule has 1 amide bonds. The number of phenols is 2. The first-order valence-electron chi connectivity index (χ1n) is 9.19. The highest BCUT2D eigenvalue weighted by Crippen LogP contribution is 2.27. The van der Waals surface area contributed by atoms with Crippen LogP contribution in [0.2, 0.25) is 0 Å². The van der Waals surface area contributed by atoms with Gasteiger partial charge in [0.15, 0.2) is 11.5 Å². The number of carbonyl (C=O) groups is 1. The second kappa shape index (κ2) is 9.92. The van der Waals surface area contributed by atoms with Gasteiger partial charge in [-0.25, -0.2) is 4.68 Å². The Kier molecular flexibility index (Phi) is 7.06. The number of nitrogens with zero attached hydrogens (tertiary/aromatic N) is 3. The van der Waals surface area contributed by atoms with Crippen molar-refractivity contribution in [3.63, 3.8) is 0 Å². The van der Waals surface area contributed by atoms with E-state index < -0.39 is 5.91 Å². The molecule has 0 atom stereocenters. The van der Waals surface area contributed by atoms with Gasteiger partial charge in [-0.2, -0.15) is 5.10 Å². The summed E-state index contributed by atoms with van der Waals surface area (Å²) in [7, 11) is 3.07. The molecule has 9 nitrogen and oxygen atoms in total. The van der Waals surface area contributed by atoms with Crippen molar-refractivity contribution < 1.29 is 24.5 Å². The standard InChI is InChI=1S/C21H22N4O5S/c1-29-8-7-23-21-25(24-11-13-3-5-18(27)19(9-13)30-2)16(12-31-21)14-4-6-17(26)15(10-14)20(22)28/h3-6,9-12,26-27H,7-8H2,1-2H3,(H2,22,28). The summed E-state index contributed by atoms with van der Waals surface area (Å²) in [6.07, 6.45) is 1.60. The maximum Gasteiger partial charge on any atom is 0.252 e. The number of amides is 1. The van der Waals surface area contributed by atoms with E-state index in [-0.39, 0.29) is 17.1 Å². The van der Waals surface area contributed by atoms with Crippen molar-refractivity contribution in [1.82, 2.24) is 4.68 Å². The van der Waals surface area contributed by atoms with Crippen molar-refractivity contribution in [1.29, 1.82) is 0 Å². The summed E-state index contributed by atoms with van der Waals surface area (Å²) >= 11 is 1.37. The van der Waals surface area contributed by atoms with Gasteiger partial charge in [0.1, 0.15) is 5.75 Å². The lowest BCUT2D eigenvalue weighted by Crippen LogP contribution is -2.14. The van der Waals surface area contributed by atoms with Crippen molar-refractivity contribution in [3.05, 3.63) is 57.7 Å². The second-order valence-electron chi connectivity index (χ2n) is 6.36. The fourth-order valence-corrected chi connectivity index (χ4v) is 3.61. The lowest BCUT2D eigenvalue weighted by Gasteiger charge is -2.07. The molecule has 0 radical (unpaired) electrons. The fraction of sp³-hybridized carbons (Fsp3) is 0.190. The van der Waals surface area contributed by atoms with E-state index in [0.29, 0.717) is 40.5 Å². The molecule has 10 heteroatoms. The van der Waals surface area contributed by atoms with E-state index in [1.54, 1.807) is 36.2 Å². The third-order valence-corrected chi connectivity index (χ3v) is 5.17. The third kappa shape index (κ3) is 5.11. The number of carbonyl (C=O) groups excluding carboxylic acids is 1. The van der Waals surface area contributed by atoms with E-state index in [4.69, 9.17) is 15.2 Å². The molecule has 0 aliphatic heterocycles. The van der Waals surface area contributed by atoms with Crippen molar-refractivity contribution in [2.75, 3.05) is 27.4 Å². The average Bonchev–Trinajstić information content (AvgIpc) is 3.16. The Morgan fingerprint density at radius 1 is 1.19 bits per heavy atom. The van der Waals surface area contributed by atoms with Crippen LogP contribution in [0.4, 0.5) is 0 Å². The van der Waals surface area contributed by atoms with Crippen LogP contribution < -0.4 is 15.3 Å². The highest BCUT2D eigenvalue weighted by Gasteiger charge is 2.13. The van der Waals surface area contributed by atoms with E-state index in [9.17, 15) is 15.0 Å². The van der Waals surface area contributed by atoms with E-state index >= 15 is 0 Å². The summed E-state index contributed by atoms with van der Waals surface area (Å²) in [6, 6.07) is 9.45. The van der Waals surface area contributed by atoms with Crippen LogP contribution in [-0.2, 0) is 4.74 Å². The van der Waals surface area contributed by atoms with Gasteiger partial charge in [-0.15, -0.1) is 11.3 Å². The smallest absolute Gasteiger partial charge is 0.252 e. The second-order valence-corrected chi connectivity index (χ2v) is 7.20. The lowest BCUT2D eigenvalue weighted by atomic mass is 10.1. The molecular weight excluding hydrogens is 420 g/mol. The number of hydrogen-bond acceptors (Lipinski definition) is 8. The van der Waals surface area contributed by atoms with E-state index in [2.05, 4.69) is 10.1 Å². The van der Waals surface area contributed by atoms with Crippen LogP contribution in [0, 0.1) is 0 Å². The van der Waals surface area contributed by atoms with Crippen LogP contribution in [0.25, 0.3) is 11.3 Å². The number of benzene rings is 2. The molecule has 0 saturated carbocycles. The van der Waals surface area contributed by atoms with Crippen LogP contribution in [0.3, 0.4) is 0 Å². The zero-order valence-electron chi connectivity index (χ0n) is 17.0. The maximum absolute atomic E-state index is 11.6. The molecule has 0 fully saturated rings. The molecule has 0 bridgehead atoms. The molecule has 0 aliphatic carbocycles. The normalized spacial score (nSPS) is 11.9. The Morgan fingerprint density at radius 2 is 1.97 bits per heavy atom. The Morgan fingerprint density at radius 3 is 2.68 bits per heavy atom. The van der Waals surface area contributed by atoms with Gasteiger partial charge >= 0.3 is 0 Å². The number of aromatic nitrogens is 1. The number of nitrogens with two attached hydrogens (primary N) is 1. The van der Waals surface area contributed by atoms with Crippen LogP contribution in [0.15, 0.2) is 51.9 Å². The monoisotopic (exact) mass is 442 g/mol. The Balaban J connectivity index is 2.09. The lowest BCUT2D eigenvalue weighted by molar-refractivity contribution is 0.0998. The summed E-state index contributed by atoms with van der Waals surface area (Å²) in [4.78, 5) is 16.8.